The first-order chi connectivity index (χ1) is 15.5. The Labute approximate surface area is 197 Å². The van der Waals surface area contributed by atoms with E-state index in [1.807, 2.05) is 35.7 Å². The molecular weight excluding hydrogens is 460 g/mol. The number of thiazole rings is 1. The zero-order chi connectivity index (χ0) is 22.2. The molecular formula is C23H22N4O2S3. The lowest BCUT2D eigenvalue weighted by molar-refractivity contribution is -0.116. The lowest BCUT2D eigenvalue weighted by atomic mass is 9.97. The summed E-state index contributed by atoms with van der Waals surface area (Å²) in [6.07, 6.45) is 4.30. The van der Waals surface area contributed by atoms with Crippen LogP contribution < -0.4 is 10.5 Å². The number of hydrogen-bond acceptors (Lipinski definition) is 7. The molecule has 6 nitrogen and oxygen atoms in total. The number of aryl methyl sites for hydroxylation is 2. The van der Waals surface area contributed by atoms with Gasteiger partial charge in [0.05, 0.1) is 16.8 Å². The molecule has 0 fully saturated rings. The molecule has 32 heavy (non-hydrogen) atoms. The number of benzene rings is 1. The normalized spacial score (nSPS) is 13.3. The Bertz CT molecular complexity index is 1360. The van der Waals surface area contributed by atoms with Crippen LogP contribution in [-0.4, -0.2) is 27.5 Å². The van der Waals surface area contributed by atoms with Crippen LogP contribution in [0.1, 0.15) is 35.9 Å². The lowest BCUT2D eigenvalue weighted by Gasteiger charge is -2.13. The van der Waals surface area contributed by atoms with Crippen LogP contribution in [0.25, 0.3) is 15.9 Å². The maximum atomic E-state index is 13.7. The molecule has 5 rings (SSSR count). The molecule has 1 aromatic carbocycles. The number of nitrogens with zero attached hydrogens (tertiary/aromatic N) is 4. The second-order valence-electron chi connectivity index (χ2n) is 7.75. The topological polar surface area (TPSA) is 68.1 Å². The summed E-state index contributed by atoms with van der Waals surface area (Å²) < 4.78 is 1.74. The average molecular weight is 483 g/mol. The van der Waals surface area contributed by atoms with Gasteiger partial charge in [-0.3, -0.25) is 19.1 Å². The van der Waals surface area contributed by atoms with E-state index in [1.165, 1.54) is 46.9 Å². The highest BCUT2D eigenvalue weighted by Crippen LogP contribution is 2.36. The van der Waals surface area contributed by atoms with Crippen molar-refractivity contribution in [2.24, 2.45) is 0 Å². The van der Waals surface area contributed by atoms with Crippen LogP contribution in [-0.2, 0) is 23.4 Å². The fourth-order valence-electron chi connectivity index (χ4n) is 3.88. The quantitative estimate of drug-likeness (QED) is 0.294. The van der Waals surface area contributed by atoms with E-state index in [2.05, 4.69) is 4.98 Å². The predicted octanol–water partition coefficient (Wildman–Crippen LogP) is 5.06. The van der Waals surface area contributed by atoms with Gasteiger partial charge in [-0.1, -0.05) is 30.0 Å². The Kier molecular flexibility index (Phi) is 5.88. The van der Waals surface area contributed by atoms with Crippen molar-refractivity contribution in [3.05, 3.63) is 62.2 Å². The van der Waals surface area contributed by atoms with Crippen LogP contribution in [0.15, 0.2) is 45.7 Å². The minimum atomic E-state index is -0.0507. The highest BCUT2D eigenvalue weighted by Gasteiger charge is 2.23. The summed E-state index contributed by atoms with van der Waals surface area (Å²) in [5.74, 6) is 0.517. The number of aromatic nitrogens is 3. The number of carbonyl (C=O) groups is 1. The van der Waals surface area contributed by atoms with E-state index in [0.29, 0.717) is 16.0 Å². The van der Waals surface area contributed by atoms with Gasteiger partial charge in [-0.15, -0.1) is 22.7 Å². The number of thioether (sulfide) groups is 1. The Morgan fingerprint density at radius 2 is 1.97 bits per heavy atom. The molecule has 0 saturated heterocycles. The standard InChI is InChI=1S/C23H22N4O2S3/c1-14(28)26(2)22-24-15(12-30-22)13-31-23-25-20-19(17-10-6-7-11-18(17)32-20)21(29)27(23)16-8-4-3-5-9-16/h3-5,8-9,12H,6-7,10-11,13H2,1-2H3. The Morgan fingerprint density at radius 1 is 1.19 bits per heavy atom. The van der Waals surface area contributed by atoms with E-state index in [9.17, 15) is 9.59 Å². The van der Waals surface area contributed by atoms with Crippen LogP contribution in [0.4, 0.5) is 5.13 Å². The molecule has 0 aliphatic heterocycles. The van der Waals surface area contributed by atoms with Gasteiger partial charge in [-0.05, 0) is 43.4 Å². The van der Waals surface area contributed by atoms with E-state index in [1.54, 1.807) is 27.9 Å². The lowest BCUT2D eigenvalue weighted by Crippen LogP contribution is -2.22. The number of fused-ring (bicyclic) bond motifs is 3. The summed E-state index contributed by atoms with van der Waals surface area (Å²) in [6.45, 7) is 1.52. The Morgan fingerprint density at radius 3 is 2.75 bits per heavy atom. The predicted molar refractivity (Wildman–Crippen MR) is 133 cm³/mol. The van der Waals surface area contributed by atoms with Crippen molar-refractivity contribution in [3.8, 4) is 5.69 Å². The minimum absolute atomic E-state index is 0.0124. The fraction of sp³-hybridized carbons (Fsp3) is 0.304. The van der Waals surface area contributed by atoms with E-state index < -0.39 is 0 Å². The summed E-state index contributed by atoms with van der Waals surface area (Å²) in [6, 6.07) is 9.71. The molecule has 0 saturated carbocycles. The highest BCUT2D eigenvalue weighted by atomic mass is 32.2. The third-order valence-electron chi connectivity index (χ3n) is 5.62. The number of amides is 1. The van der Waals surface area contributed by atoms with E-state index in [0.717, 1.165) is 40.9 Å². The minimum Gasteiger partial charge on any atom is -0.292 e. The van der Waals surface area contributed by atoms with Gasteiger partial charge < -0.3 is 0 Å². The fourth-order valence-corrected chi connectivity index (χ4v) is 7.03. The molecule has 1 aliphatic rings. The number of thiophene rings is 1. The molecule has 3 heterocycles. The first-order valence-electron chi connectivity index (χ1n) is 10.5. The Hall–Kier alpha value is -2.49. The molecule has 0 spiro atoms. The van der Waals surface area contributed by atoms with Crippen molar-refractivity contribution in [2.75, 3.05) is 11.9 Å². The van der Waals surface area contributed by atoms with Crippen molar-refractivity contribution in [1.29, 1.82) is 0 Å². The van der Waals surface area contributed by atoms with E-state index in [-0.39, 0.29) is 11.5 Å². The van der Waals surface area contributed by atoms with Gasteiger partial charge in [0.25, 0.3) is 5.56 Å². The van der Waals surface area contributed by atoms with Crippen molar-refractivity contribution < 1.29 is 4.79 Å². The third kappa shape index (κ3) is 3.89. The molecule has 164 valence electrons. The molecule has 1 amide bonds. The van der Waals surface area contributed by atoms with Gasteiger partial charge in [0.1, 0.15) is 4.83 Å². The van der Waals surface area contributed by atoms with E-state index in [4.69, 9.17) is 4.98 Å². The number of hydrogen-bond donors (Lipinski definition) is 0. The summed E-state index contributed by atoms with van der Waals surface area (Å²) in [7, 11) is 1.72. The maximum absolute atomic E-state index is 13.7. The average Bonchev–Trinajstić information content (AvgIpc) is 3.42. The van der Waals surface area contributed by atoms with Crippen LogP contribution >= 0.6 is 34.4 Å². The zero-order valence-electron chi connectivity index (χ0n) is 17.8. The van der Waals surface area contributed by atoms with Crippen LogP contribution in [0, 0.1) is 0 Å². The summed E-state index contributed by atoms with van der Waals surface area (Å²) in [4.78, 5) is 38.6. The van der Waals surface area contributed by atoms with Gasteiger partial charge in [-0.2, -0.15) is 0 Å². The van der Waals surface area contributed by atoms with Gasteiger partial charge in [0.2, 0.25) is 5.91 Å². The molecule has 3 aromatic heterocycles. The summed E-state index contributed by atoms with van der Waals surface area (Å²) in [5.41, 5.74) is 2.90. The zero-order valence-corrected chi connectivity index (χ0v) is 20.3. The second kappa shape index (κ2) is 8.80. The van der Waals surface area contributed by atoms with E-state index >= 15 is 0 Å². The molecule has 0 radical (unpaired) electrons. The summed E-state index contributed by atoms with van der Waals surface area (Å²) in [5, 5.41) is 4.08. The summed E-state index contributed by atoms with van der Waals surface area (Å²) >= 11 is 4.61. The smallest absolute Gasteiger partial charge is 0.267 e. The molecule has 9 heteroatoms. The third-order valence-corrected chi connectivity index (χ3v) is 8.74. The highest BCUT2D eigenvalue weighted by molar-refractivity contribution is 7.98. The molecule has 0 bridgehead atoms. The van der Waals surface area contributed by atoms with Crippen molar-refractivity contribution >= 4 is 55.7 Å². The molecule has 0 unspecified atom stereocenters. The van der Waals surface area contributed by atoms with Gasteiger partial charge in [0.15, 0.2) is 10.3 Å². The largest absolute Gasteiger partial charge is 0.292 e. The first-order valence-corrected chi connectivity index (χ1v) is 13.2. The van der Waals surface area contributed by atoms with Gasteiger partial charge >= 0.3 is 0 Å². The van der Waals surface area contributed by atoms with Crippen LogP contribution in [0.3, 0.4) is 0 Å². The molecule has 4 aromatic rings. The SMILES string of the molecule is CC(=O)N(C)c1nc(CSc2nc3sc4c(c3c(=O)n2-c2ccccc2)CCCC4)cs1. The first kappa shape index (κ1) is 21.4. The number of anilines is 1. The van der Waals surface area contributed by atoms with Crippen molar-refractivity contribution in [2.45, 2.75) is 43.5 Å². The molecule has 0 atom stereocenters. The molecule has 0 N–H and O–H groups in total. The maximum Gasteiger partial charge on any atom is 0.267 e. The monoisotopic (exact) mass is 482 g/mol. The van der Waals surface area contributed by atoms with Crippen LogP contribution in [0.2, 0.25) is 0 Å². The number of carbonyl (C=O) groups excluding carboxylic acids is 1. The van der Waals surface area contributed by atoms with Crippen molar-refractivity contribution in [3.63, 3.8) is 0 Å². The number of para-hydroxylation sites is 1. The Balaban J connectivity index is 1.56. The van der Waals surface area contributed by atoms with Crippen LogP contribution in [0.5, 0.6) is 0 Å². The second-order valence-corrected chi connectivity index (χ2v) is 10.6. The number of rotatable bonds is 5. The van der Waals surface area contributed by atoms with Gasteiger partial charge in [0, 0.05) is 30.0 Å². The molecule has 1 aliphatic carbocycles. The van der Waals surface area contributed by atoms with Crippen molar-refractivity contribution in [1.82, 2.24) is 14.5 Å². The van der Waals surface area contributed by atoms with Gasteiger partial charge in [-0.25, -0.2) is 9.97 Å².